The fourth-order valence-electron chi connectivity index (χ4n) is 1.15. The fourth-order valence-corrected chi connectivity index (χ4v) is 1.15. The van der Waals surface area contributed by atoms with Crippen LogP contribution in [0, 0.1) is 0 Å². The zero-order chi connectivity index (χ0) is 15.6. The monoisotopic (exact) mass is 288 g/mol. The minimum atomic E-state index is -1.13. The van der Waals surface area contributed by atoms with Crippen LogP contribution in [0.3, 0.4) is 0 Å². The number of amides is 1. The van der Waals surface area contributed by atoms with Crippen molar-refractivity contribution in [3.8, 4) is 0 Å². The molecule has 0 unspecified atom stereocenters. The Labute approximate surface area is 117 Å². The lowest BCUT2D eigenvalue weighted by molar-refractivity contribution is -0.138. The first-order valence-electron chi connectivity index (χ1n) is 6.04. The van der Waals surface area contributed by atoms with E-state index in [1.54, 1.807) is 20.8 Å². The zero-order valence-corrected chi connectivity index (χ0v) is 11.9. The summed E-state index contributed by atoms with van der Waals surface area (Å²) < 4.78 is 10.2. The summed E-state index contributed by atoms with van der Waals surface area (Å²) in [5.74, 6) is -1.13. The number of azide groups is 1. The van der Waals surface area contributed by atoms with Gasteiger partial charge < -0.3 is 14.6 Å². The van der Waals surface area contributed by atoms with Crippen molar-refractivity contribution < 1.29 is 24.2 Å². The highest BCUT2D eigenvalue weighted by Crippen LogP contribution is 2.09. The number of carboxylic acid groups (broad SMARTS) is 1. The third-order valence-corrected chi connectivity index (χ3v) is 1.88. The zero-order valence-electron chi connectivity index (χ0n) is 11.9. The van der Waals surface area contributed by atoms with Crippen molar-refractivity contribution in [3.05, 3.63) is 10.4 Å². The summed E-state index contributed by atoms with van der Waals surface area (Å²) in [5, 5.41) is 12.0. The third-order valence-electron chi connectivity index (χ3n) is 1.88. The second-order valence-corrected chi connectivity index (χ2v) is 4.86. The van der Waals surface area contributed by atoms with E-state index in [1.807, 2.05) is 0 Å². The van der Waals surface area contributed by atoms with E-state index in [1.165, 1.54) is 0 Å². The predicted octanol–water partition coefficient (Wildman–Crippen LogP) is 1.64. The predicted molar refractivity (Wildman–Crippen MR) is 70.3 cm³/mol. The largest absolute Gasteiger partial charge is 0.480 e. The van der Waals surface area contributed by atoms with Gasteiger partial charge >= 0.3 is 12.1 Å². The maximum atomic E-state index is 11.8. The van der Waals surface area contributed by atoms with Gasteiger partial charge in [0.1, 0.15) is 12.1 Å². The molecular weight excluding hydrogens is 268 g/mol. The van der Waals surface area contributed by atoms with Gasteiger partial charge in [0.25, 0.3) is 0 Å². The highest BCUT2D eigenvalue weighted by atomic mass is 16.6. The van der Waals surface area contributed by atoms with E-state index in [4.69, 9.17) is 20.1 Å². The molecule has 9 heteroatoms. The molecule has 0 aromatic carbocycles. The summed E-state index contributed by atoms with van der Waals surface area (Å²) in [6.07, 6.45) is -0.710. The van der Waals surface area contributed by atoms with E-state index in [2.05, 4.69) is 10.0 Å². The van der Waals surface area contributed by atoms with Crippen molar-refractivity contribution in [1.29, 1.82) is 0 Å². The number of ether oxygens (including phenoxy) is 2. The van der Waals surface area contributed by atoms with Gasteiger partial charge in [-0.05, 0) is 26.3 Å². The van der Waals surface area contributed by atoms with Crippen molar-refractivity contribution >= 4 is 12.1 Å². The van der Waals surface area contributed by atoms with Gasteiger partial charge in [0.15, 0.2) is 0 Å². The molecule has 0 aliphatic rings. The van der Waals surface area contributed by atoms with Gasteiger partial charge in [-0.1, -0.05) is 5.11 Å². The van der Waals surface area contributed by atoms with E-state index in [9.17, 15) is 9.59 Å². The standard InChI is InChI=1S/C11H20N4O5/c1-11(2,3)20-10(18)15(8-9(16)17)5-7-19-6-4-13-14-12/h4-8H2,1-3H3,(H,16,17). The van der Waals surface area contributed by atoms with Gasteiger partial charge in [-0.3, -0.25) is 9.69 Å². The van der Waals surface area contributed by atoms with Crippen LogP contribution in [0.4, 0.5) is 4.79 Å². The van der Waals surface area contributed by atoms with Crippen LogP contribution >= 0.6 is 0 Å². The highest BCUT2D eigenvalue weighted by molar-refractivity contribution is 5.76. The normalized spacial score (nSPS) is 10.6. The van der Waals surface area contributed by atoms with Gasteiger partial charge in [-0.15, -0.1) is 0 Å². The molecule has 0 aromatic heterocycles. The Bertz CT molecular complexity index is 373. The lowest BCUT2D eigenvalue weighted by Gasteiger charge is -2.26. The number of carboxylic acids is 1. The first kappa shape index (κ1) is 18.0. The third kappa shape index (κ3) is 9.98. The smallest absolute Gasteiger partial charge is 0.410 e. The maximum absolute atomic E-state index is 11.8. The van der Waals surface area contributed by atoms with E-state index in [0.29, 0.717) is 0 Å². The first-order chi connectivity index (χ1) is 9.26. The van der Waals surface area contributed by atoms with E-state index < -0.39 is 24.2 Å². The number of rotatable bonds is 8. The Balaban J connectivity index is 4.24. The molecule has 114 valence electrons. The number of hydrogen-bond acceptors (Lipinski definition) is 5. The van der Waals surface area contributed by atoms with E-state index in [-0.39, 0.29) is 26.3 Å². The van der Waals surface area contributed by atoms with E-state index >= 15 is 0 Å². The average molecular weight is 288 g/mol. The van der Waals surface area contributed by atoms with Crippen molar-refractivity contribution in [2.45, 2.75) is 26.4 Å². The topological polar surface area (TPSA) is 125 Å². The van der Waals surface area contributed by atoms with Crippen LogP contribution < -0.4 is 0 Å². The van der Waals surface area contributed by atoms with Crippen LogP contribution in [0.15, 0.2) is 5.11 Å². The lowest BCUT2D eigenvalue weighted by Crippen LogP contribution is -2.41. The second kappa shape index (κ2) is 9.00. The lowest BCUT2D eigenvalue weighted by atomic mass is 10.2. The molecule has 20 heavy (non-hydrogen) atoms. The van der Waals surface area contributed by atoms with Crippen molar-refractivity contribution in [1.82, 2.24) is 4.90 Å². The van der Waals surface area contributed by atoms with E-state index in [0.717, 1.165) is 4.90 Å². The fraction of sp³-hybridized carbons (Fsp3) is 0.818. The Morgan fingerprint density at radius 2 is 2.00 bits per heavy atom. The van der Waals surface area contributed by atoms with Crippen molar-refractivity contribution in [3.63, 3.8) is 0 Å². The molecule has 0 rings (SSSR count). The van der Waals surface area contributed by atoms with Crippen molar-refractivity contribution in [2.24, 2.45) is 5.11 Å². The minimum absolute atomic E-state index is 0.0808. The number of hydrogen-bond donors (Lipinski definition) is 1. The molecule has 0 radical (unpaired) electrons. The van der Waals surface area contributed by atoms with Gasteiger partial charge in [0.2, 0.25) is 0 Å². The molecule has 0 spiro atoms. The van der Waals surface area contributed by atoms with Gasteiger partial charge in [0.05, 0.1) is 13.2 Å². The second-order valence-electron chi connectivity index (χ2n) is 4.86. The Morgan fingerprint density at radius 3 is 2.50 bits per heavy atom. The molecule has 0 saturated heterocycles. The van der Waals surface area contributed by atoms with Gasteiger partial charge in [0, 0.05) is 18.0 Å². The van der Waals surface area contributed by atoms with Crippen LogP contribution in [-0.4, -0.2) is 60.5 Å². The molecule has 0 fully saturated rings. The number of carbonyl (C=O) groups excluding carboxylic acids is 1. The van der Waals surface area contributed by atoms with Gasteiger partial charge in [-0.25, -0.2) is 4.79 Å². The quantitative estimate of drug-likeness (QED) is 0.314. The molecule has 1 amide bonds. The summed E-state index contributed by atoms with van der Waals surface area (Å²) in [6, 6.07) is 0. The summed E-state index contributed by atoms with van der Waals surface area (Å²) in [7, 11) is 0. The average Bonchev–Trinajstić information content (AvgIpc) is 2.29. The van der Waals surface area contributed by atoms with Crippen LogP contribution in [0.2, 0.25) is 0 Å². The SMILES string of the molecule is CC(C)(C)OC(=O)N(CCOCCN=[N+]=[N-])CC(=O)O. The first-order valence-corrected chi connectivity index (χ1v) is 6.04. The summed E-state index contributed by atoms with van der Waals surface area (Å²) >= 11 is 0. The molecule has 0 aromatic rings. The molecular formula is C11H20N4O5. The van der Waals surface area contributed by atoms with Gasteiger partial charge in [-0.2, -0.15) is 0 Å². The van der Waals surface area contributed by atoms with Crippen LogP contribution in [0.1, 0.15) is 20.8 Å². The highest BCUT2D eigenvalue weighted by Gasteiger charge is 2.23. The molecule has 1 N–H and O–H groups in total. The summed E-state index contributed by atoms with van der Waals surface area (Å²) in [6.45, 7) is 5.22. The molecule has 0 heterocycles. The molecule has 0 aliphatic heterocycles. The molecule has 9 nitrogen and oxygen atoms in total. The Hall–Kier alpha value is -1.99. The Morgan fingerprint density at radius 1 is 1.35 bits per heavy atom. The molecule has 0 aliphatic carbocycles. The summed E-state index contributed by atoms with van der Waals surface area (Å²) in [4.78, 5) is 26.1. The molecule has 0 saturated carbocycles. The Kier molecular flexibility index (Phi) is 8.10. The van der Waals surface area contributed by atoms with Crippen LogP contribution in [0.25, 0.3) is 10.4 Å². The number of aliphatic carboxylic acids is 1. The summed E-state index contributed by atoms with van der Waals surface area (Å²) in [5.41, 5.74) is 7.36. The number of nitrogens with zero attached hydrogens (tertiary/aromatic N) is 4. The van der Waals surface area contributed by atoms with Crippen molar-refractivity contribution in [2.75, 3.05) is 32.8 Å². The van der Waals surface area contributed by atoms with Crippen LogP contribution in [0.5, 0.6) is 0 Å². The van der Waals surface area contributed by atoms with Crippen LogP contribution in [-0.2, 0) is 14.3 Å². The maximum Gasteiger partial charge on any atom is 0.410 e. The minimum Gasteiger partial charge on any atom is -0.480 e. The molecule has 0 bridgehead atoms. The molecule has 0 atom stereocenters. The number of carbonyl (C=O) groups is 2.